The maximum absolute atomic E-state index is 13.7. The average Bonchev–Trinajstić information content (AvgIpc) is 2.67. The number of nitrogens with zero attached hydrogens (tertiary/aromatic N) is 3. The average molecular weight is 281 g/mol. The molecule has 0 aliphatic heterocycles. The predicted octanol–water partition coefficient (Wildman–Crippen LogP) is 2.53. The molecule has 0 unspecified atom stereocenters. The molecule has 2 rings (SSSR count). The highest BCUT2D eigenvalue weighted by Crippen LogP contribution is 2.17. The van der Waals surface area contributed by atoms with E-state index < -0.39 is 36.4 Å². The van der Waals surface area contributed by atoms with Gasteiger partial charge in [-0.3, -0.25) is 0 Å². The summed E-state index contributed by atoms with van der Waals surface area (Å²) >= 11 is 5.54. The number of aryl methyl sites for hydroxylation is 1. The second kappa shape index (κ2) is 4.49. The Bertz CT molecular complexity index is 741. The molecule has 2 aromatic rings. The molecule has 0 radical (unpaired) electrons. The van der Waals surface area contributed by atoms with Gasteiger partial charge in [-0.1, -0.05) is 11.6 Å². The van der Waals surface area contributed by atoms with Crippen LogP contribution in [0.5, 0.6) is 0 Å². The third-order valence-corrected chi connectivity index (χ3v) is 2.38. The lowest BCUT2D eigenvalue weighted by Gasteiger charge is -2.01. The zero-order valence-corrected chi connectivity index (χ0v) is 9.33. The van der Waals surface area contributed by atoms with Crippen LogP contribution in [0.3, 0.4) is 0 Å². The van der Waals surface area contributed by atoms with E-state index in [-0.39, 0.29) is 14.3 Å². The fourth-order valence-electron chi connectivity index (χ4n) is 1.36. The zero-order valence-electron chi connectivity index (χ0n) is 11.6. The molecule has 0 aliphatic carbocycles. The molecule has 0 fully saturated rings. The van der Waals surface area contributed by atoms with Crippen molar-refractivity contribution in [1.82, 2.24) is 14.3 Å². The van der Waals surface area contributed by atoms with E-state index in [4.69, 9.17) is 15.7 Å². The molecule has 0 amide bonds. The molecule has 1 heterocycles. The fourth-order valence-corrected chi connectivity index (χ4v) is 1.52. The number of rotatable bonds is 2. The lowest BCUT2D eigenvalue weighted by molar-refractivity contribution is 0.0640. The highest BCUT2D eigenvalue weighted by atomic mass is 35.5. The molecule has 0 saturated carbocycles. The molecule has 0 N–H and O–H groups in total. The van der Waals surface area contributed by atoms with E-state index in [9.17, 15) is 18.0 Å². The van der Waals surface area contributed by atoms with E-state index in [2.05, 4.69) is 5.10 Å². The van der Waals surface area contributed by atoms with Gasteiger partial charge in [-0.2, -0.15) is 13.5 Å². The minimum absolute atomic E-state index is 0.0219. The molecule has 0 aliphatic rings. The minimum Gasteiger partial charge on any atom is -0.245 e. The van der Waals surface area contributed by atoms with E-state index in [1.165, 1.54) is 6.07 Å². The Morgan fingerprint density at radius 3 is 2.72 bits per heavy atom. The second-order valence-corrected chi connectivity index (χ2v) is 3.70. The van der Waals surface area contributed by atoms with Crippen LogP contribution in [0.4, 0.5) is 13.2 Å². The summed E-state index contributed by atoms with van der Waals surface area (Å²) in [6.45, 7) is -6.47. The SMILES string of the molecule is [2H]C([2H])([2H])c1nn(-c2ccc(Cl)cc2F)c(=O)n1C(F)F. The maximum atomic E-state index is 13.7. The zero-order chi connectivity index (χ0) is 15.9. The molecule has 1 aromatic heterocycles. The Labute approximate surface area is 108 Å². The van der Waals surface area contributed by atoms with Gasteiger partial charge in [0.05, 0.1) is 0 Å². The highest BCUT2D eigenvalue weighted by molar-refractivity contribution is 6.30. The Balaban J connectivity index is 2.75. The number of alkyl halides is 2. The lowest BCUT2D eigenvalue weighted by atomic mass is 10.3. The van der Waals surface area contributed by atoms with Gasteiger partial charge >= 0.3 is 12.2 Å². The van der Waals surface area contributed by atoms with Gasteiger partial charge in [-0.05, 0) is 25.1 Å². The minimum atomic E-state index is -3.42. The number of aromatic nitrogens is 3. The summed E-state index contributed by atoms with van der Waals surface area (Å²) in [6, 6.07) is 3.09. The second-order valence-electron chi connectivity index (χ2n) is 3.26. The van der Waals surface area contributed by atoms with Crippen molar-refractivity contribution in [3.63, 3.8) is 0 Å². The van der Waals surface area contributed by atoms with Crippen LogP contribution in [0, 0.1) is 12.7 Å². The van der Waals surface area contributed by atoms with Crippen molar-refractivity contribution in [3.8, 4) is 5.69 Å². The first-order valence-corrected chi connectivity index (χ1v) is 4.96. The van der Waals surface area contributed by atoms with Gasteiger partial charge in [0.15, 0.2) is 5.82 Å². The standard InChI is InChI=1S/C10H7ClF3N3O/c1-5-15-17(10(18)16(5)9(13)14)8-3-2-6(11)4-7(8)12/h2-4,9H,1H3/i1D3. The third kappa shape index (κ3) is 2.01. The lowest BCUT2D eigenvalue weighted by Crippen LogP contribution is -2.25. The van der Waals surface area contributed by atoms with Crippen molar-refractivity contribution in [2.75, 3.05) is 0 Å². The van der Waals surface area contributed by atoms with Crippen LogP contribution >= 0.6 is 11.6 Å². The van der Waals surface area contributed by atoms with E-state index in [0.717, 1.165) is 12.1 Å². The molecule has 96 valence electrons. The Morgan fingerprint density at radius 2 is 2.22 bits per heavy atom. The van der Waals surface area contributed by atoms with Crippen LogP contribution in [0.1, 0.15) is 16.5 Å². The summed E-state index contributed by atoms with van der Waals surface area (Å²) in [5, 5.41) is 3.33. The van der Waals surface area contributed by atoms with Crippen LogP contribution in [0.15, 0.2) is 23.0 Å². The molecule has 1 aromatic carbocycles. The van der Waals surface area contributed by atoms with Gasteiger partial charge < -0.3 is 0 Å². The first-order chi connectivity index (χ1) is 9.62. The van der Waals surface area contributed by atoms with Gasteiger partial charge in [0.25, 0.3) is 0 Å². The van der Waals surface area contributed by atoms with Crippen LogP contribution in [-0.4, -0.2) is 14.3 Å². The molecule has 0 bridgehead atoms. The van der Waals surface area contributed by atoms with Crippen molar-refractivity contribution in [3.05, 3.63) is 45.3 Å². The van der Waals surface area contributed by atoms with Crippen molar-refractivity contribution in [2.45, 2.75) is 13.4 Å². The summed E-state index contributed by atoms with van der Waals surface area (Å²) in [5.74, 6) is -2.13. The molecule has 0 saturated heterocycles. The third-order valence-electron chi connectivity index (χ3n) is 2.14. The summed E-state index contributed by atoms with van der Waals surface area (Å²) in [4.78, 5) is 11.8. The smallest absolute Gasteiger partial charge is 0.245 e. The summed E-state index contributed by atoms with van der Waals surface area (Å²) < 4.78 is 60.8. The van der Waals surface area contributed by atoms with Crippen molar-refractivity contribution < 1.29 is 17.3 Å². The van der Waals surface area contributed by atoms with E-state index in [1.807, 2.05) is 0 Å². The Morgan fingerprint density at radius 1 is 1.50 bits per heavy atom. The number of halogens is 4. The molecular formula is C10H7ClF3N3O. The molecule has 4 nitrogen and oxygen atoms in total. The van der Waals surface area contributed by atoms with Crippen molar-refractivity contribution >= 4 is 11.6 Å². The quantitative estimate of drug-likeness (QED) is 0.848. The summed E-state index contributed by atoms with van der Waals surface area (Å²) in [7, 11) is 0. The molecule has 8 heteroatoms. The van der Waals surface area contributed by atoms with Gasteiger partial charge in [0.2, 0.25) is 0 Å². The fraction of sp³-hybridized carbons (Fsp3) is 0.200. The molecule has 0 atom stereocenters. The predicted molar refractivity (Wildman–Crippen MR) is 58.8 cm³/mol. The molecular weight excluding hydrogens is 271 g/mol. The number of hydrogen-bond donors (Lipinski definition) is 0. The van der Waals surface area contributed by atoms with Gasteiger partial charge in [0.1, 0.15) is 11.5 Å². The first kappa shape index (κ1) is 9.21. The summed E-state index contributed by atoms with van der Waals surface area (Å²) in [5.41, 5.74) is -1.94. The van der Waals surface area contributed by atoms with Crippen molar-refractivity contribution in [1.29, 1.82) is 0 Å². The summed E-state index contributed by atoms with van der Waals surface area (Å²) in [6.07, 6.45) is 0. The van der Waals surface area contributed by atoms with Gasteiger partial charge in [-0.25, -0.2) is 13.8 Å². The van der Waals surface area contributed by atoms with E-state index >= 15 is 0 Å². The molecule has 18 heavy (non-hydrogen) atoms. The normalized spacial score (nSPS) is 14.4. The Kier molecular flexibility index (Phi) is 2.30. The van der Waals surface area contributed by atoms with Gasteiger partial charge in [0, 0.05) is 9.13 Å². The monoisotopic (exact) mass is 280 g/mol. The maximum Gasteiger partial charge on any atom is 0.355 e. The first-order valence-electron chi connectivity index (χ1n) is 6.08. The van der Waals surface area contributed by atoms with Crippen molar-refractivity contribution in [2.24, 2.45) is 0 Å². The number of benzene rings is 1. The highest BCUT2D eigenvalue weighted by Gasteiger charge is 2.19. The van der Waals surface area contributed by atoms with Crippen LogP contribution < -0.4 is 5.69 Å². The molecule has 0 spiro atoms. The van der Waals surface area contributed by atoms with E-state index in [0.29, 0.717) is 0 Å². The largest absolute Gasteiger partial charge is 0.355 e. The van der Waals surface area contributed by atoms with Crippen LogP contribution in [0.25, 0.3) is 5.69 Å². The Hall–Kier alpha value is -1.76. The van der Waals surface area contributed by atoms with Crippen LogP contribution in [0.2, 0.25) is 5.02 Å². The van der Waals surface area contributed by atoms with Gasteiger partial charge in [-0.15, -0.1) is 5.10 Å². The van der Waals surface area contributed by atoms with E-state index in [1.54, 1.807) is 0 Å². The van der Waals surface area contributed by atoms with Crippen LogP contribution in [-0.2, 0) is 0 Å². The topological polar surface area (TPSA) is 39.8 Å². The number of hydrogen-bond acceptors (Lipinski definition) is 2.